The summed E-state index contributed by atoms with van der Waals surface area (Å²) in [5.41, 5.74) is 2.67. The second-order valence-electron chi connectivity index (χ2n) is 7.06. The van der Waals surface area contributed by atoms with Crippen LogP contribution in [0, 0.1) is 12.7 Å². The lowest BCUT2D eigenvalue weighted by Crippen LogP contribution is -2.36. The van der Waals surface area contributed by atoms with Crippen molar-refractivity contribution in [1.82, 2.24) is 14.9 Å². The first-order valence-electron chi connectivity index (χ1n) is 9.56. The predicted octanol–water partition coefficient (Wildman–Crippen LogP) is 4.85. The smallest absolute Gasteiger partial charge is 0.232 e. The molecule has 0 saturated carbocycles. The molecule has 28 heavy (non-hydrogen) atoms. The molecule has 2 aromatic carbocycles. The Hall–Kier alpha value is -2.47. The Morgan fingerprint density at radius 3 is 2.57 bits per heavy atom. The van der Waals surface area contributed by atoms with Gasteiger partial charge in [0.15, 0.2) is 5.82 Å². The second kappa shape index (κ2) is 8.27. The van der Waals surface area contributed by atoms with Gasteiger partial charge in [0, 0.05) is 24.0 Å². The molecule has 2 heterocycles. The van der Waals surface area contributed by atoms with Crippen molar-refractivity contribution < 1.29 is 9.18 Å². The zero-order valence-electron chi connectivity index (χ0n) is 15.8. The number of likely N-dealkylation sites (tertiary alicyclic amines) is 1. The van der Waals surface area contributed by atoms with E-state index in [1.54, 1.807) is 12.1 Å². The van der Waals surface area contributed by atoms with E-state index in [9.17, 15) is 9.18 Å². The lowest BCUT2D eigenvalue weighted by atomic mass is 10.1. The van der Waals surface area contributed by atoms with Crippen LogP contribution >= 0.6 is 11.8 Å². The van der Waals surface area contributed by atoms with Crippen LogP contribution in [-0.2, 0) is 4.79 Å². The van der Waals surface area contributed by atoms with Crippen molar-refractivity contribution in [3.63, 3.8) is 0 Å². The normalized spacial score (nSPS) is 14.4. The number of hydrogen-bond donors (Lipinski definition) is 0. The molecular weight excluding hydrogens is 373 g/mol. The highest BCUT2D eigenvalue weighted by atomic mass is 32.2. The van der Waals surface area contributed by atoms with Crippen LogP contribution in [0.4, 0.5) is 4.39 Å². The molecule has 1 aromatic heterocycles. The minimum Gasteiger partial charge on any atom is -0.342 e. The van der Waals surface area contributed by atoms with Gasteiger partial charge in [-0.05, 0) is 56.0 Å². The largest absolute Gasteiger partial charge is 0.342 e. The van der Waals surface area contributed by atoms with E-state index in [4.69, 9.17) is 9.97 Å². The Morgan fingerprint density at radius 1 is 1.07 bits per heavy atom. The molecule has 144 valence electrons. The van der Waals surface area contributed by atoms with Crippen molar-refractivity contribution >= 4 is 28.6 Å². The van der Waals surface area contributed by atoms with Gasteiger partial charge in [-0.2, -0.15) is 0 Å². The first-order chi connectivity index (χ1) is 13.6. The molecule has 0 atom stereocenters. The number of benzene rings is 2. The van der Waals surface area contributed by atoms with Gasteiger partial charge in [-0.25, -0.2) is 14.4 Å². The van der Waals surface area contributed by atoms with E-state index >= 15 is 0 Å². The molecular formula is C22H22FN3OS. The van der Waals surface area contributed by atoms with Crippen LogP contribution in [0.3, 0.4) is 0 Å². The van der Waals surface area contributed by atoms with E-state index < -0.39 is 0 Å². The molecule has 3 aromatic rings. The summed E-state index contributed by atoms with van der Waals surface area (Å²) in [5.74, 6) is 0.785. The molecule has 0 radical (unpaired) electrons. The molecule has 1 aliphatic rings. The average Bonchev–Trinajstić information content (AvgIpc) is 2.73. The third-order valence-corrected chi connectivity index (χ3v) is 6.01. The van der Waals surface area contributed by atoms with Crippen molar-refractivity contribution in [3.8, 4) is 11.4 Å². The van der Waals surface area contributed by atoms with Crippen molar-refractivity contribution in [1.29, 1.82) is 0 Å². The second-order valence-corrected chi connectivity index (χ2v) is 8.02. The number of aromatic nitrogens is 2. The summed E-state index contributed by atoms with van der Waals surface area (Å²) < 4.78 is 13.3. The van der Waals surface area contributed by atoms with E-state index in [-0.39, 0.29) is 11.7 Å². The number of hydrogen-bond acceptors (Lipinski definition) is 4. The molecule has 0 spiro atoms. The van der Waals surface area contributed by atoms with Gasteiger partial charge in [0.1, 0.15) is 10.8 Å². The molecule has 4 nitrogen and oxygen atoms in total. The van der Waals surface area contributed by atoms with Crippen molar-refractivity contribution in [2.45, 2.75) is 31.2 Å². The van der Waals surface area contributed by atoms with Gasteiger partial charge >= 0.3 is 0 Å². The van der Waals surface area contributed by atoms with Crippen LogP contribution in [0.1, 0.15) is 24.8 Å². The highest BCUT2D eigenvalue weighted by Gasteiger charge is 2.18. The molecule has 0 N–H and O–H groups in total. The first-order valence-corrected chi connectivity index (χ1v) is 10.5. The highest BCUT2D eigenvalue weighted by molar-refractivity contribution is 8.00. The Morgan fingerprint density at radius 2 is 1.82 bits per heavy atom. The third kappa shape index (κ3) is 4.02. The molecule has 1 fully saturated rings. The number of fused-ring (bicyclic) bond motifs is 1. The Bertz CT molecular complexity index is 1000. The van der Waals surface area contributed by atoms with Gasteiger partial charge < -0.3 is 4.90 Å². The highest BCUT2D eigenvalue weighted by Crippen LogP contribution is 2.30. The fourth-order valence-corrected chi connectivity index (χ4v) is 4.38. The molecule has 4 rings (SSSR count). The fourth-order valence-electron chi connectivity index (χ4n) is 3.47. The summed E-state index contributed by atoms with van der Waals surface area (Å²) in [4.78, 5) is 24.0. The van der Waals surface area contributed by atoms with Crippen LogP contribution in [0.15, 0.2) is 47.5 Å². The van der Waals surface area contributed by atoms with Gasteiger partial charge in [-0.3, -0.25) is 4.79 Å². The lowest BCUT2D eigenvalue weighted by Gasteiger charge is -2.26. The van der Waals surface area contributed by atoms with Gasteiger partial charge in [-0.1, -0.05) is 30.0 Å². The number of para-hydroxylation sites is 1. The van der Waals surface area contributed by atoms with E-state index in [1.807, 2.05) is 30.0 Å². The quantitative estimate of drug-likeness (QED) is 0.468. The summed E-state index contributed by atoms with van der Waals surface area (Å²) in [7, 11) is 0. The maximum atomic E-state index is 13.3. The zero-order chi connectivity index (χ0) is 19.5. The summed E-state index contributed by atoms with van der Waals surface area (Å²) in [6.07, 6.45) is 3.37. The fraction of sp³-hybridized carbons (Fsp3) is 0.318. The molecule has 1 saturated heterocycles. The third-order valence-electron chi connectivity index (χ3n) is 5.04. The Labute approximate surface area is 168 Å². The van der Waals surface area contributed by atoms with E-state index in [1.165, 1.54) is 30.3 Å². The predicted molar refractivity (Wildman–Crippen MR) is 111 cm³/mol. The lowest BCUT2D eigenvalue weighted by molar-refractivity contribution is -0.129. The number of piperidine rings is 1. The summed E-state index contributed by atoms with van der Waals surface area (Å²) in [5, 5.41) is 1.74. The first kappa shape index (κ1) is 18.9. The van der Waals surface area contributed by atoms with E-state index in [0.717, 1.165) is 53.0 Å². The van der Waals surface area contributed by atoms with Crippen LogP contribution < -0.4 is 0 Å². The van der Waals surface area contributed by atoms with Crippen LogP contribution in [0.5, 0.6) is 0 Å². The summed E-state index contributed by atoms with van der Waals surface area (Å²) >= 11 is 1.46. The molecule has 1 amide bonds. The molecule has 6 heteroatoms. The number of thioether (sulfide) groups is 1. The van der Waals surface area contributed by atoms with Crippen LogP contribution in [-0.4, -0.2) is 39.6 Å². The minimum absolute atomic E-state index is 0.160. The van der Waals surface area contributed by atoms with Crippen LogP contribution in [0.25, 0.3) is 22.3 Å². The SMILES string of the molecule is Cc1cccc2c(SCC(=O)N3CCCCC3)nc(-c3ccc(F)cc3)nc12. The number of carbonyl (C=O) groups is 1. The van der Waals surface area contributed by atoms with Crippen LogP contribution in [0.2, 0.25) is 0 Å². The van der Waals surface area contributed by atoms with Crippen molar-refractivity contribution in [3.05, 3.63) is 53.8 Å². The molecule has 0 bridgehead atoms. The van der Waals surface area contributed by atoms with Crippen molar-refractivity contribution in [2.24, 2.45) is 0 Å². The minimum atomic E-state index is -0.289. The number of nitrogens with zero attached hydrogens (tertiary/aromatic N) is 3. The summed E-state index contributed by atoms with van der Waals surface area (Å²) in [6.45, 7) is 3.71. The van der Waals surface area contributed by atoms with Gasteiger partial charge in [-0.15, -0.1) is 0 Å². The maximum absolute atomic E-state index is 13.3. The van der Waals surface area contributed by atoms with Gasteiger partial charge in [0.05, 0.1) is 11.3 Å². The zero-order valence-corrected chi connectivity index (χ0v) is 16.6. The number of rotatable bonds is 4. The maximum Gasteiger partial charge on any atom is 0.232 e. The van der Waals surface area contributed by atoms with E-state index in [0.29, 0.717) is 11.6 Å². The summed E-state index contributed by atoms with van der Waals surface area (Å²) in [6, 6.07) is 12.2. The molecule has 0 unspecified atom stereocenters. The number of aryl methyl sites for hydroxylation is 1. The number of carbonyl (C=O) groups excluding carboxylic acids is 1. The number of amides is 1. The van der Waals surface area contributed by atoms with Gasteiger partial charge in [0.25, 0.3) is 0 Å². The molecule has 0 aliphatic carbocycles. The Balaban J connectivity index is 1.66. The molecule has 1 aliphatic heterocycles. The topological polar surface area (TPSA) is 46.1 Å². The van der Waals surface area contributed by atoms with Crippen molar-refractivity contribution in [2.75, 3.05) is 18.8 Å². The number of halogens is 1. The van der Waals surface area contributed by atoms with E-state index in [2.05, 4.69) is 0 Å². The average molecular weight is 396 g/mol. The van der Waals surface area contributed by atoms with Gasteiger partial charge in [0.2, 0.25) is 5.91 Å². The monoisotopic (exact) mass is 395 g/mol. The standard InChI is InChI=1S/C22H22FN3OS/c1-15-6-5-7-18-20(15)24-21(16-8-10-17(23)11-9-16)25-22(18)28-14-19(27)26-12-3-2-4-13-26/h5-11H,2-4,12-14H2,1H3. The Kier molecular flexibility index (Phi) is 5.57.